The summed E-state index contributed by atoms with van der Waals surface area (Å²) in [5.74, 6) is 0.145. The molecular formula is C16H20ClN3O3S. The molecule has 1 atom stereocenters. The van der Waals surface area contributed by atoms with E-state index in [9.17, 15) is 9.59 Å². The molecule has 130 valence electrons. The van der Waals surface area contributed by atoms with Gasteiger partial charge in [-0.25, -0.2) is 0 Å². The van der Waals surface area contributed by atoms with Crippen LogP contribution in [0.15, 0.2) is 41.8 Å². The monoisotopic (exact) mass is 369 g/mol. The number of carbonyl (C=O) groups is 2. The molecule has 0 fully saturated rings. The Morgan fingerprint density at radius 2 is 1.96 bits per heavy atom. The maximum absolute atomic E-state index is 12.1. The van der Waals surface area contributed by atoms with E-state index in [1.54, 1.807) is 43.3 Å². The molecule has 0 aliphatic heterocycles. The summed E-state index contributed by atoms with van der Waals surface area (Å²) in [4.78, 5) is 24.6. The smallest absolute Gasteiger partial charge is 0.261 e. The molecule has 24 heavy (non-hydrogen) atoms. The molecule has 8 heteroatoms. The number of rotatable bonds is 7. The first-order valence-electron chi connectivity index (χ1n) is 7.18. The van der Waals surface area contributed by atoms with Gasteiger partial charge in [-0.3, -0.25) is 9.59 Å². The number of ether oxygens (including phenoxy) is 1. The van der Waals surface area contributed by atoms with Crippen molar-refractivity contribution in [2.75, 3.05) is 18.5 Å². The summed E-state index contributed by atoms with van der Waals surface area (Å²) < 4.78 is 5.36. The van der Waals surface area contributed by atoms with Crippen molar-refractivity contribution in [1.82, 2.24) is 5.32 Å². The lowest BCUT2D eigenvalue weighted by Gasteiger charge is -2.14. The summed E-state index contributed by atoms with van der Waals surface area (Å²) in [6.45, 7) is 2.52. The van der Waals surface area contributed by atoms with Gasteiger partial charge in [-0.05, 0) is 42.6 Å². The first kappa shape index (κ1) is 20.0. The van der Waals surface area contributed by atoms with Crippen LogP contribution < -0.4 is 21.1 Å². The highest BCUT2D eigenvalue weighted by molar-refractivity contribution is 7.12. The highest BCUT2D eigenvalue weighted by atomic mass is 35.5. The lowest BCUT2D eigenvalue weighted by atomic mass is 10.2. The van der Waals surface area contributed by atoms with Crippen molar-refractivity contribution in [3.63, 3.8) is 0 Å². The van der Waals surface area contributed by atoms with Gasteiger partial charge in [0.25, 0.3) is 5.91 Å². The number of halogens is 1. The first-order valence-corrected chi connectivity index (χ1v) is 8.06. The van der Waals surface area contributed by atoms with Crippen molar-refractivity contribution in [2.45, 2.75) is 13.0 Å². The van der Waals surface area contributed by atoms with Crippen LogP contribution in [-0.4, -0.2) is 31.0 Å². The predicted molar refractivity (Wildman–Crippen MR) is 98.1 cm³/mol. The van der Waals surface area contributed by atoms with Crippen LogP contribution in [-0.2, 0) is 4.79 Å². The van der Waals surface area contributed by atoms with Crippen LogP contribution in [0.4, 0.5) is 5.69 Å². The average Bonchev–Trinajstić information content (AvgIpc) is 3.08. The van der Waals surface area contributed by atoms with Crippen LogP contribution in [0, 0.1) is 0 Å². The third-order valence-corrected chi connectivity index (χ3v) is 3.86. The molecule has 1 unspecified atom stereocenters. The predicted octanol–water partition coefficient (Wildman–Crippen LogP) is 2.26. The van der Waals surface area contributed by atoms with Crippen LogP contribution in [0.5, 0.6) is 5.75 Å². The Kier molecular flexibility index (Phi) is 8.25. The number of carbonyl (C=O) groups excluding carboxylic acids is 2. The molecule has 0 aliphatic rings. The van der Waals surface area contributed by atoms with E-state index < -0.39 is 6.04 Å². The molecule has 2 rings (SSSR count). The van der Waals surface area contributed by atoms with Crippen molar-refractivity contribution >= 4 is 41.2 Å². The molecule has 2 amide bonds. The van der Waals surface area contributed by atoms with E-state index in [0.717, 1.165) is 0 Å². The molecule has 1 heterocycles. The maximum Gasteiger partial charge on any atom is 0.261 e. The second-order valence-corrected chi connectivity index (χ2v) is 5.77. The number of anilines is 1. The van der Waals surface area contributed by atoms with Gasteiger partial charge >= 0.3 is 0 Å². The third kappa shape index (κ3) is 5.84. The van der Waals surface area contributed by atoms with Gasteiger partial charge in [0, 0.05) is 12.2 Å². The van der Waals surface area contributed by atoms with E-state index in [1.165, 1.54) is 11.3 Å². The quantitative estimate of drug-likeness (QED) is 0.697. The standard InChI is InChI=1S/C16H19N3O3S.ClH/c1-11(18-16(21)14-3-2-10-23-14)15(20)19-12-4-6-13(7-5-12)22-9-8-17;/h2-7,10-11H,8-9,17H2,1H3,(H,18,21)(H,19,20);1H. The molecule has 6 nitrogen and oxygen atoms in total. The third-order valence-electron chi connectivity index (χ3n) is 2.99. The van der Waals surface area contributed by atoms with Gasteiger partial charge in [0.15, 0.2) is 0 Å². The number of hydrogen-bond acceptors (Lipinski definition) is 5. The Morgan fingerprint density at radius 1 is 1.25 bits per heavy atom. The maximum atomic E-state index is 12.1. The Hall–Kier alpha value is -2.09. The number of benzene rings is 1. The van der Waals surface area contributed by atoms with Gasteiger partial charge in [-0.1, -0.05) is 6.07 Å². The second kappa shape index (κ2) is 9.92. The Bertz CT molecular complexity index is 647. The molecule has 0 bridgehead atoms. The fourth-order valence-electron chi connectivity index (χ4n) is 1.80. The van der Waals surface area contributed by atoms with Gasteiger partial charge in [-0.2, -0.15) is 0 Å². The average molecular weight is 370 g/mol. The zero-order chi connectivity index (χ0) is 16.7. The van der Waals surface area contributed by atoms with Crippen molar-refractivity contribution < 1.29 is 14.3 Å². The zero-order valence-corrected chi connectivity index (χ0v) is 14.8. The van der Waals surface area contributed by atoms with Crippen LogP contribution in [0.2, 0.25) is 0 Å². The topological polar surface area (TPSA) is 93.5 Å². The van der Waals surface area contributed by atoms with Crippen LogP contribution >= 0.6 is 23.7 Å². The van der Waals surface area contributed by atoms with E-state index in [1.807, 2.05) is 5.38 Å². The van der Waals surface area contributed by atoms with E-state index in [2.05, 4.69) is 10.6 Å². The molecule has 1 aromatic carbocycles. The van der Waals surface area contributed by atoms with Gasteiger partial charge in [0.1, 0.15) is 18.4 Å². The Balaban J connectivity index is 0.00000288. The molecule has 0 saturated carbocycles. The van der Waals surface area contributed by atoms with E-state index in [-0.39, 0.29) is 24.2 Å². The molecule has 0 radical (unpaired) electrons. The van der Waals surface area contributed by atoms with E-state index >= 15 is 0 Å². The molecule has 0 saturated heterocycles. The van der Waals surface area contributed by atoms with Gasteiger partial charge in [0.2, 0.25) is 5.91 Å². The number of nitrogens with two attached hydrogens (primary N) is 1. The van der Waals surface area contributed by atoms with Crippen LogP contribution in [0.3, 0.4) is 0 Å². The lowest BCUT2D eigenvalue weighted by Crippen LogP contribution is -2.41. The molecule has 2 aromatic rings. The van der Waals surface area contributed by atoms with Crippen LogP contribution in [0.1, 0.15) is 16.6 Å². The summed E-state index contributed by atoms with van der Waals surface area (Å²) in [7, 11) is 0. The molecule has 0 spiro atoms. The number of hydrogen-bond donors (Lipinski definition) is 3. The van der Waals surface area contributed by atoms with Crippen molar-refractivity contribution in [3.8, 4) is 5.75 Å². The van der Waals surface area contributed by atoms with Crippen LogP contribution in [0.25, 0.3) is 0 Å². The molecule has 1 aromatic heterocycles. The number of nitrogens with one attached hydrogen (secondary N) is 2. The summed E-state index contributed by atoms with van der Waals surface area (Å²) >= 11 is 1.33. The normalized spacial score (nSPS) is 11.1. The summed E-state index contributed by atoms with van der Waals surface area (Å²) in [6, 6.07) is 9.83. The number of amides is 2. The van der Waals surface area contributed by atoms with E-state index in [0.29, 0.717) is 29.5 Å². The fraction of sp³-hybridized carbons (Fsp3) is 0.250. The molecule has 0 aliphatic carbocycles. The fourth-order valence-corrected chi connectivity index (χ4v) is 2.43. The molecule has 4 N–H and O–H groups in total. The Morgan fingerprint density at radius 3 is 2.54 bits per heavy atom. The SMILES string of the molecule is CC(NC(=O)c1cccs1)C(=O)Nc1ccc(OCCN)cc1.Cl. The van der Waals surface area contributed by atoms with Gasteiger partial charge < -0.3 is 21.1 Å². The largest absolute Gasteiger partial charge is 0.492 e. The van der Waals surface area contributed by atoms with Crippen molar-refractivity contribution in [3.05, 3.63) is 46.7 Å². The highest BCUT2D eigenvalue weighted by Crippen LogP contribution is 2.16. The highest BCUT2D eigenvalue weighted by Gasteiger charge is 2.17. The summed E-state index contributed by atoms with van der Waals surface area (Å²) in [5, 5.41) is 7.22. The van der Waals surface area contributed by atoms with Gasteiger partial charge in [0.05, 0.1) is 4.88 Å². The second-order valence-electron chi connectivity index (χ2n) is 4.82. The first-order chi connectivity index (χ1) is 11.1. The number of thiophene rings is 1. The minimum Gasteiger partial charge on any atom is -0.492 e. The van der Waals surface area contributed by atoms with E-state index in [4.69, 9.17) is 10.5 Å². The minimum absolute atomic E-state index is 0. The van der Waals surface area contributed by atoms with Crippen molar-refractivity contribution in [2.24, 2.45) is 5.73 Å². The molecular weight excluding hydrogens is 350 g/mol. The minimum atomic E-state index is -0.641. The Labute approximate surface area is 150 Å². The van der Waals surface area contributed by atoms with Gasteiger partial charge in [-0.15, -0.1) is 23.7 Å². The lowest BCUT2D eigenvalue weighted by molar-refractivity contribution is -0.117. The summed E-state index contributed by atoms with van der Waals surface area (Å²) in [6.07, 6.45) is 0. The van der Waals surface area contributed by atoms with Crippen molar-refractivity contribution in [1.29, 1.82) is 0 Å². The summed E-state index contributed by atoms with van der Waals surface area (Å²) in [5.41, 5.74) is 6.00. The zero-order valence-electron chi connectivity index (χ0n) is 13.2.